The first-order chi connectivity index (χ1) is 6.15. The van der Waals surface area contributed by atoms with E-state index in [4.69, 9.17) is 0 Å². The van der Waals surface area contributed by atoms with Crippen LogP contribution in [-0.2, 0) is 7.05 Å². The second kappa shape index (κ2) is 2.67. The van der Waals surface area contributed by atoms with Gasteiger partial charge in [-0.1, -0.05) is 0 Å². The van der Waals surface area contributed by atoms with Crippen molar-refractivity contribution >= 4 is 27.8 Å². The van der Waals surface area contributed by atoms with Gasteiger partial charge in [-0.3, -0.25) is 9.48 Å². The van der Waals surface area contributed by atoms with E-state index in [-0.39, 0.29) is 0 Å². The van der Waals surface area contributed by atoms with Crippen molar-refractivity contribution in [3.05, 3.63) is 16.1 Å². The largest absolute Gasteiger partial charge is 0.297 e. The quantitative estimate of drug-likeness (QED) is 0.651. The lowest BCUT2D eigenvalue weighted by molar-refractivity contribution is 0.112. The zero-order valence-electron chi connectivity index (χ0n) is 7.79. The highest BCUT2D eigenvalue weighted by atomic mass is 32.1. The molecule has 2 aromatic rings. The Hall–Kier alpha value is -1.16. The fourth-order valence-electron chi connectivity index (χ4n) is 1.60. The van der Waals surface area contributed by atoms with Gasteiger partial charge < -0.3 is 0 Å². The summed E-state index contributed by atoms with van der Waals surface area (Å²) in [5, 5.41) is 5.43. The van der Waals surface area contributed by atoms with Crippen LogP contribution in [0.4, 0.5) is 0 Å². The van der Waals surface area contributed by atoms with Crippen LogP contribution in [0.5, 0.6) is 0 Å². The Morgan fingerprint density at radius 1 is 1.46 bits per heavy atom. The fraction of sp³-hybridized carbons (Fsp3) is 0.333. The van der Waals surface area contributed by atoms with Crippen LogP contribution in [0.25, 0.3) is 10.2 Å². The molecule has 0 aliphatic rings. The summed E-state index contributed by atoms with van der Waals surface area (Å²) in [6, 6.07) is 0. The molecular weight excluding hydrogens is 184 g/mol. The lowest BCUT2D eigenvalue weighted by Gasteiger charge is -1.87. The van der Waals surface area contributed by atoms with Gasteiger partial charge in [0.15, 0.2) is 6.29 Å². The van der Waals surface area contributed by atoms with Gasteiger partial charge in [-0.05, 0) is 19.4 Å². The van der Waals surface area contributed by atoms with Crippen molar-refractivity contribution in [2.75, 3.05) is 0 Å². The van der Waals surface area contributed by atoms with Crippen molar-refractivity contribution < 1.29 is 4.79 Å². The minimum absolute atomic E-state index is 0.811. The van der Waals surface area contributed by atoms with E-state index >= 15 is 0 Å². The van der Waals surface area contributed by atoms with Crippen molar-refractivity contribution in [2.45, 2.75) is 13.8 Å². The number of thiophene rings is 1. The third kappa shape index (κ3) is 1.02. The maximum atomic E-state index is 10.7. The fourth-order valence-corrected chi connectivity index (χ4v) is 2.69. The first-order valence-electron chi connectivity index (χ1n) is 4.03. The molecule has 0 aromatic carbocycles. The predicted octanol–water partition coefficient (Wildman–Crippen LogP) is 2.06. The summed E-state index contributed by atoms with van der Waals surface area (Å²) >= 11 is 1.50. The van der Waals surface area contributed by atoms with E-state index in [2.05, 4.69) is 5.10 Å². The second-order valence-corrected chi connectivity index (χ2v) is 4.13. The molecule has 4 heteroatoms. The molecule has 2 heterocycles. The van der Waals surface area contributed by atoms with Crippen LogP contribution >= 0.6 is 11.3 Å². The van der Waals surface area contributed by atoms with E-state index in [0.717, 1.165) is 32.6 Å². The van der Waals surface area contributed by atoms with Crippen LogP contribution in [0.2, 0.25) is 0 Å². The number of hydrogen-bond donors (Lipinski definition) is 0. The molecule has 2 aromatic heterocycles. The van der Waals surface area contributed by atoms with Gasteiger partial charge in [0.25, 0.3) is 0 Å². The number of rotatable bonds is 1. The summed E-state index contributed by atoms with van der Waals surface area (Å²) in [7, 11) is 1.90. The topological polar surface area (TPSA) is 34.9 Å². The number of hydrogen-bond acceptors (Lipinski definition) is 3. The predicted molar refractivity (Wildman–Crippen MR) is 53.5 cm³/mol. The van der Waals surface area contributed by atoms with Gasteiger partial charge in [-0.15, -0.1) is 11.3 Å². The molecule has 0 N–H and O–H groups in total. The normalized spacial score (nSPS) is 11.0. The number of aldehydes is 1. The summed E-state index contributed by atoms with van der Waals surface area (Å²) < 4.78 is 1.83. The molecule has 0 aliphatic heterocycles. The molecule has 0 amide bonds. The Kier molecular flexibility index (Phi) is 1.73. The molecule has 0 radical (unpaired) electrons. The summed E-state index contributed by atoms with van der Waals surface area (Å²) in [6.45, 7) is 3.94. The van der Waals surface area contributed by atoms with Gasteiger partial charge in [-0.2, -0.15) is 5.10 Å². The number of fused-ring (bicyclic) bond motifs is 1. The Morgan fingerprint density at radius 2 is 2.15 bits per heavy atom. The van der Waals surface area contributed by atoms with E-state index in [1.807, 2.05) is 25.6 Å². The maximum absolute atomic E-state index is 10.7. The summed E-state index contributed by atoms with van der Waals surface area (Å²) in [5.41, 5.74) is 2.06. The van der Waals surface area contributed by atoms with Crippen LogP contribution in [0.3, 0.4) is 0 Å². The van der Waals surface area contributed by atoms with Crippen molar-refractivity contribution in [1.82, 2.24) is 9.78 Å². The number of carbonyl (C=O) groups excluding carboxylic acids is 1. The minimum atomic E-state index is 0.811. The van der Waals surface area contributed by atoms with Gasteiger partial charge in [-0.25, -0.2) is 0 Å². The first-order valence-corrected chi connectivity index (χ1v) is 4.84. The highest BCUT2D eigenvalue weighted by molar-refractivity contribution is 7.20. The number of nitrogens with zero attached hydrogens (tertiary/aromatic N) is 2. The molecule has 0 aliphatic carbocycles. The molecule has 0 spiro atoms. The van der Waals surface area contributed by atoms with Gasteiger partial charge in [0.1, 0.15) is 4.83 Å². The summed E-state index contributed by atoms with van der Waals surface area (Å²) in [6.07, 6.45) is 0.916. The minimum Gasteiger partial charge on any atom is -0.297 e. The van der Waals surface area contributed by atoms with Gasteiger partial charge in [0, 0.05) is 12.4 Å². The van der Waals surface area contributed by atoms with Crippen molar-refractivity contribution in [3.8, 4) is 0 Å². The number of aromatic nitrogens is 2. The van der Waals surface area contributed by atoms with Crippen molar-refractivity contribution in [1.29, 1.82) is 0 Å². The molecule has 0 saturated heterocycles. The molecule has 0 saturated carbocycles. The molecule has 2 rings (SSSR count). The van der Waals surface area contributed by atoms with E-state index in [9.17, 15) is 4.79 Å². The van der Waals surface area contributed by atoms with Crippen LogP contribution in [0.1, 0.15) is 20.9 Å². The summed E-state index contributed by atoms with van der Waals surface area (Å²) in [4.78, 5) is 12.6. The van der Waals surface area contributed by atoms with Gasteiger partial charge >= 0.3 is 0 Å². The monoisotopic (exact) mass is 194 g/mol. The van der Waals surface area contributed by atoms with Crippen LogP contribution in [-0.4, -0.2) is 16.1 Å². The Bertz CT molecular complexity index is 481. The maximum Gasteiger partial charge on any atom is 0.160 e. The third-order valence-corrected chi connectivity index (χ3v) is 3.51. The van der Waals surface area contributed by atoms with E-state index in [1.165, 1.54) is 11.3 Å². The van der Waals surface area contributed by atoms with Gasteiger partial charge in [0.2, 0.25) is 0 Å². The average molecular weight is 194 g/mol. The van der Waals surface area contributed by atoms with Crippen LogP contribution in [0.15, 0.2) is 0 Å². The molecule has 13 heavy (non-hydrogen) atoms. The van der Waals surface area contributed by atoms with E-state index < -0.39 is 0 Å². The lowest BCUT2D eigenvalue weighted by atomic mass is 10.2. The Morgan fingerprint density at radius 3 is 2.69 bits per heavy atom. The molecule has 3 nitrogen and oxygen atoms in total. The number of aryl methyl sites for hydroxylation is 3. The van der Waals surface area contributed by atoms with E-state index in [1.54, 1.807) is 0 Å². The highest BCUT2D eigenvalue weighted by Crippen LogP contribution is 2.31. The number of carbonyl (C=O) groups is 1. The van der Waals surface area contributed by atoms with Gasteiger partial charge in [0.05, 0.1) is 10.6 Å². The third-order valence-electron chi connectivity index (χ3n) is 2.23. The molecule has 0 bridgehead atoms. The standard InChI is InChI=1S/C9H10N2OS/c1-5-7(4-12)13-9-8(5)6(2)10-11(9)3/h4H,1-3H3. The molecule has 0 atom stereocenters. The van der Waals surface area contributed by atoms with Crippen molar-refractivity contribution in [2.24, 2.45) is 7.05 Å². The summed E-state index contributed by atoms with van der Waals surface area (Å²) in [5.74, 6) is 0. The zero-order valence-corrected chi connectivity index (χ0v) is 8.60. The zero-order chi connectivity index (χ0) is 9.59. The highest BCUT2D eigenvalue weighted by Gasteiger charge is 2.13. The smallest absolute Gasteiger partial charge is 0.160 e. The van der Waals surface area contributed by atoms with Crippen LogP contribution in [0, 0.1) is 13.8 Å². The molecule has 68 valence electrons. The molecule has 0 fully saturated rings. The molecular formula is C9H10N2OS. The van der Waals surface area contributed by atoms with E-state index in [0.29, 0.717) is 0 Å². The molecule has 0 unspecified atom stereocenters. The SMILES string of the molecule is Cc1nn(C)c2sc(C=O)c(C)c12. The first kappa shape index (κ1) is 8.44. The Labute approximate surface area is 80.0 Å². The van der Waals surface area contributed by atoms with Crippen LogP contribution < -0.4 is 0 Å². The average Bonchev–Trinajstić information content (AvgIpc) is 2.54. The lowest BCUT2D eigenvalue weighted by Crippen LogP contribution is -1.88. The Balaban J connectivity index is 2.93. The second-order valence-electron chi connectivity index (χ2n) is 3.10. The van der Waals surface area contributed by atoms with Crippen molar-refractivity contribution in [3.63, 3.8) is 0 Å².